The van der Waals surface area contributed by atoms with Gasteiger partial charge in [0.1, 0.15) is 5.82 Å². The van der Waals surface area contributed by atoms with Gasteiger partial charge < -0.3 is 15.4 Å². The van der Waals surface area contributed by atoms with Crippen LogP contribution in [0.1, 0.15) is 16.7 Å². The molecule has 0 bridgehead atoms. The molecule has 0 fully saturated rings. The lowest BCUT2D eigenvalue weighted by atomic mass is 10.0. The number of alkyl halides is 6. The van der Waals surface area contributed by atoms with Gasteiger partial charge in [-0.1, -0.05) is 48.5 Å². The Morgan fingerprint density at radius 2 is 1.36 bits per heavy atom. The quantitative estimate of drug-likeness (QED) is 0.138. The lowest BCUT2D eigenvalue weighted by molar-refractivity contribution is -0.192. The minimum Gasteiger partial charge on any atom is -0.475 e. The number of hydrogen-bond acceptors (Lipinski definition) is 4. The monoisotopic (exact) mass is 586 g/mol. The van der Waals surface area contributed by atoms with Crippen LogP contribution in [0.4, 0.5) is 26.3 Å². The van der Waals surface area contributed by atoms with Crippen LogP contribution in [0, 0.1) is 0 Å². The Kier molecular flexibility index (Phi) is 9.26. The number of aliphatic carboxylic acids is 1. The molecule has 218 valence electrons. The highest BCUT2D eigenvalue weighted by Gasteiger charge is 2.38. The summed E-state index contributed by atoms with van der Waals surface area (Å²) < 4.78 is 70.7. The summed E-state index contributed by atoms with van der Waals surface area (Å²) in [4.78, 5) is 20.4. The van der Waals surface area contributed by atoms with Crippen molar-refractivity contribution in [1.82, 2.24) is 20.3 Å². The SMILES string of the molecule is FC(F)(F)c1ccc2nc(-c3ccc(-c4ccc(CNCCc5ccncc5)cc4)cc3)[nH]c2c1.O=C(O)C(F)(F)F. The topological polar surface area (TPSA) is 90.9 Å². The number of halogens is 6. The summed E-state index contributed by atoms with van der Waals surface area (Å²) in [5.41, 5.74) is 5.61. The van der Waals surface area contributed by atoms with Gasteiger partial charge in [-0.2, -0.15) is 26.3 Å². The van der Waals surface area contributed by atoms with E-state index in [2.05, 4.69) is 44.5 Å². The van der Waals surface area contributed by atoms with Crippen LogP contribution in [0.5, 0.6) is 0 Å². The summed E-state index contributed by atoms with van der Waals surface area (Å²) in [5.74, 6) is -2.22. The number of pyridine rings is 1. The molecule has 0 saturated carbocycles. The number of fused-ring (bicyclic) bond motifs is 1. The van der Waals surface area contributed by atoms with Gasteiger partial charge in [0, 0.05) is 24.5 Å². The van der Waals surface area contributed by atoms with E-state index < -0.39 is 23.9 Å². The van der Waals surface area contributed by atoms with Crippen molar-refractivity contribution >= 4 is 17.0 Å². The summed E-state index contributed by atoms with van der Waals surface area (Å²) in [6.45, 7) is 1.69. The smallest absolute Gasteiger partial charge is 0.475 e. The van der Waals surface area contributed by atoms with Gasteiger partial charge in [0.05, 0.1) is 16.6 Å². The minimum absolute atomic E-state index is 0.365. The molecular weight excluding hydrogens is 562 g/mol. The molecule has 5 rings (SSSR count). The average molecular weight is 587 g/mol. The number of carboxylic acids is 1. The molecule has 0 radical (unpaired) electrons. The number of carbonyl (C=O) groups is 1. The van der Waals surface area contributed by atoms with Crippen molar-refractivity contribution in [2.24, 2.45) is 0 Å². The molecule has 0 amide bonds. The highest BCUT2D eigenvalue weighted by molar-refractivity contribution is 5.80. The van der Waals surface area contributed by atoms with Gasteiger partial charge in [0.15, 0.2) is 0 Å². The van der Waals surface area contributed by atoms with E-state index in [-0.39, 0.29) is 0 Å². The van der Waals surface area contributed by atoms with Crippen LogP contribution in [0.25, 0.3) is 33.5 Å². The van der Waals surface area contributed by atoms with Crippen LogP contribution >= 0.6 is 0 Å². The molecule has 0 aliphatic carbocycles. The third kappa shape index (κ3) is 8.16. The fourth-order valence-corrected chi connectivity index (χ4v) is 3.97. The van der Waals surface area contributed by atoms with Crippen LogP contribution in [-0.2, 0) is 23.9 Å². The third-order valence-corrected chi connectivity index (χ3v) is 6.17. The number of aromatic amines is 1. The van der Waals surface area contributed by atoms with E-state index in [9.17, 15) is 26.3 Å². The predicted octanol–water partition coefficient (Wildman–Crippen LogP) is 7.28. The van der Waals surface area contributed by atoms with E-state index in [4.69, 9.17) is 9.90 Å². The van der Waals surface area contributed by atoms with Gasteiger partial charge in [-0.25, -0.2) is 9.78 Å². The molecule has 42 heavy (non-hydrogen) atoms. The van der Waals surface area contributed by atoms with Crippen molar-refractivity contribution in [2.45, 2.75) is 25.3 Å². The molecule has 5 aromatic rings. The summed E-state index contributed by atoms with van der Waals surface area (Å²) in [6, 6.07) is 23.8. The van der Waals surface area contributed by atoms with Crippen molar-refractivity contribution in [3.05, 3.63) is 108 Å². The largest absolute Gasteiger partial charge is 0.490 e. The maximum Gasteiger partial charge on any atom is 0.490 e. The van der Waals surface area contributed by atoms with Crippen LogP contribution in [-0.4, -0.2) is 38.7 Å². The molecule has 0 spiro atoms. The van der Waals surface area contributed by atoms with Crippen molar-refractivity contribution in [3.8, 4) is 22.5 Å². The van der Waals surface area contributed by atoms with Crippen LogP contribution < -0.4 is 5.32 Å². The zero-order chi connectivity index (χ0) is 30.3. The van der Waals surface area contributed by atoms with Gasteiger partial charge in [0.2, 0.25) is 0 Å². The number of aromatic nitrogens is 3. The fourth-order valence-electron chi connectivity index (χ4n) is 3.97. The second kappa shape index (κ2) is 12.9. The lowest BCUT2D eigenvalue weighted by Crippen LogP contribution is -2.21. The first-order valence-corrected chi connectivity index (χ1v) is 12.6. The normalized spacial score (nSPS) is 11.7. The fraction of sp³-hybridized carbons (Fsp3) is 0.167. The Balaban J connectivity index is 0.000000517. The summed E-state index contributed by atoms with van der Waals surface area (Å²) in [5, 5.41) is 10.6. The Morgan fingerprint density at radius 1 is 0.786 bits per heavy atom. The second-order valence-corrected chi connectivity index (χ2v) is 9.17. The number of hydrogen-bond donors (Lipinski definition) is 3. The summed E-state index contributed by atoms with van der Waals surface area (Å²) in [6.07, 6.45) is -4.89. The highest BCUT2D eigenvalue weighted by Crippen LogP contribution is 2.32. The molecule has 0 aliphatic rings. The first-order valence-electron chi connectivity index (χ1n) is 12.6. The summed E-state index contributed by atoms with van der Waals surface area (Å²) >= 11 is 0. The Bertz CT molecular complexity index is 1620. The molecule has 0 saturated heterocycles. The zero-order valence-corrected chi connectivity index (χ0v) is 21.8. The molecule has 12 heteroatoms. The highest BCUT2D eigenvalue weighted by atomic mass is 19.4. The zero-order valence-electron chi connectivity index (χ0n) is 21.8. The van der Waals surface area contributed by atoms with Gasteiger partial charge >= 0.3 is 18.3 Å². The maximum absolute atomic E-state index is 13.0. The van der Waals surface area contributed by atoms with E-state index in [0.717, 1.165) is 48.3 Å². The molecule has 3 N–H and O–H groups in total. The van der Waals surface area contributed by atoms with Crippen molar-refractivity contribution in [1.29, 1.82) is 0 Å². The van der Waals surface area contributed by atoms with Gasteiger partial charge in [0.25, 0.3) is 0 Å². The molecule has 2 aromatic heterocycles. The molecular formula is C30H24F6N4O2. The van der Waals surface area contributed by atoms with Crippen LogP contribution in [0.3, 0.4) is 0 Å². The number of carboxylic acid groups (broad SMARTS) is 1. The van der Waals surface area contributed by atoms with E-state index >= 15 is 0 Å². The molecule has 2 heterocycles. The van der Waals surface area contributed by atoms with Crippen LogP contribution in [0.2, 0.25) is 0 Å². The predicted molar refractivity (Wildman–Crippen MR) is 145 cm³/mol. The summed E-state index contributed by atoms with van der Waals surface area (Å²) in [7, 11) is 0. The van der Waals surface area contributed by atoms with Gasteiger partial charge in [-0.15, -0.1) is 0 Å². The van der Waals surface area contributed by atoms with Gasteiger partial charge in [-0.3, -0.25) is 4.98 Å². The lowest BCUT2D eigenvalue weighted by Gasteiger charge is -2.07. The van der Waals surface area contributed by atoms with Crippen molar-refractivity contribution < 1.29 is 36.2 Å². The second-order valence-electron chi connectivity index (χ2n) is 9.17. The third-order valence-electron chi connectivity index (χ3n) is 6.17. The Hall–Kier alpha value is -4.71. The molecule has 6 nitrogen and oxygen atoms in total. The Labute approximate surface area is 236 Å². The number of nitrogens with one attached hydrogen (secondary N) is 2. The van der Waals surface area contributed by atoms with E-state index in [1.807, 2.05) is 48.8 Å². The van der Waals surface area contributed by atoms with E-state index in [0.29, 0.717) is 16.9 Å². The standard InChI is InChI=1S/C28H23F3N4.C2HF3O2/c29-28(30,31)24-9-10-25-26(17-24)35-27(34-25)23-7-5-22(6-8-23)21-3-1-20(2-4-21)18-33-16-13-19-11-14-32-15-12-19;3-2(4,5)1(6)7/h1-12,14-15,17,33H,13,16,18H2,(H,34,35);(H,6,7). The first-order chi connectivity index (χ1) is 19.9. The number of imidazole rings is 1. The molecule has 3 aromatic carbocycles. The number of H-pyrrole nitrogens is 1. The van der Waals surface area contributed by atoms with E-state index in [1.54, 1.807) is 0 Å². The Morgan fingerprint density at radius 3 is 1.93 bits per heavy atom. The maximum atomic E-state index is 13.0. The molecule has 0 aliphatic heterocycles. The van der Waals surface area contributed by atoms with E-state index in [1.165, 1.54) is 17.2 Å². The van der Waals surface area contributed by atoms with Crippen LogP contribution in [0.15, 0.2) is 91.3 Å². The number of rotatable bonds is 7. The molecule has 0 unspecified atom stereocenters. The number of benzene rings is 3. The van der Waals surface area contributed by atoms with Crippen molar-refractivity contribution in [3.63, 3.8) is 0 Å². The van der Waals surface area contributed by atoms with Crippen molar-refractivity contribution in [2.75, 3.05) is 6.54 Å². The minimum atomic E-state index is -5.08. The van der Waals surface area contributed by atoms with Gasteiger partial charge in [-0.05, 0) is 65.6 Å². The molecule has 0 atom stereocenters. The average Bonchev–Trinajstić information content (AvgIpc) is 3.39. The first kappa shape index (κ1) is 30.3. The number of nitrogens with zero attached hydrogens (tertiary/aromatic N) is 2.